The van der Waals surface area contributed by atoms with Crippen molar-refractivity contribution in [2.45, 2.75) is 39.3 Å². The Bertz CT molecular complexity index is 590. The van der Waals surface area contributed by atoms with Crippen LogP contribution in [0.4, 0.5) is 0 Å². The van der Waals surface area contributed by atoms with Gasteiger partial charge in [-0.05, 0) is 32.8 Å². The van der Waals surface area contributed by atoms with Gasteiger partial charge in [-0.15, -0.1) is 0 Å². The highest BCUT2D eigenvalue weighted by Crippen LogP contribution is 2.31. The van der Waals surface area contributed by atoms with Crippen LogP contribution in [0.25, 0.3) is 0 Å². The van der Waals surface area contributed by atoms with Gasteiger partial charge in [0.05, 0.1) is 18.2 Å². The summed E-state index contributed by atoms with van der Waals surface area (Å²) < 4.78 is 10.9. The molecule has 2 aliphatic heterocycles. The molecule has 0 bridgehead atoms. The maximum absolute atomic E-state index is 12.0. The van der Waals surface area contributed by atoms with Crippen LogP contribution in [-0.2, 0) is 19.1 Å². The van der Waals surface area contributed by atoms with Crippen LogP contribution in [0.15, 0.2) is 34.9 Å². The number of hydrogen-bond donors (Lipinski definition) is 1. The minimum atomic E-state index is -0.518. The second-order valence-electron chi connectivity index (χ2n) is 5.97. The number of carbonyl (C=O) groups is 2. The number of allylic oxidation sites excluding steroid dienone is 2. The quantitative estimate of drug-likeness (QED) is 0.449. The van der Waals surface area contributed by atoms with Crippen LogP contribution >= 0.6 is 0 Å². The third-order valence-electron chi connectivity index (χ3n) is 4.58. The first-order valence-corrected chi connectivity index (χ1v) is 8.21. The standard InChI is InChI=1S/C18H25NO5/c1-4-12(3)17(21)24-15-7-9-19-8-6-14(16(15)19)11-23-18(22)13(5-2)10-20/h4-6,15-16,20H,7-11H2,1-3H3/b12-4+,13-5+/t15-,16-/m1/s1. The molecule has 0 amide bonds. The molecule has 2 aliphatic rings. The van der Waals surface area contributed by atoms with E-state index in [1.165, 1.54) is 6.08 Å². The van der Waals surface area contributed by atoms with E-state index < -0.39 is 5.97 Å². The highest BCUT2D eigenvalue weighted by molar-refractivity contribution is 5.88. The first-order chi connectivity index (χ1) is 11.5. The molecule has 6 heteroatoms. The van der Waals surface area contributed by atoms with Crippen molar-refractivity contribution in [1.29, 1.82) is 0 Å². The normalized spacial score (nSPS) is 24.6. The maximum Gasteiger partial charge on any atom is 0.336 e. The lowest BCUT2D eigenvalue weighted by molar-refractivity contribution is -0.145. The fourth-order valence-corrected chi connectivity index (χ4v) is 2.99. The largest absolute Gasteiger partial charge is 0.458 e. The summed E-state index contributed by atoms with van der Waals surface area (Å²) in [6.45, 7) is 6.64. The van der Waals surface area contributed by atoms with E-state index in [1.54, 1.807) is 26.8 Å². The van der Waals surface area contributed by atoms with Gasteiger partial charge in [-0.2, -0.15) is 0 Å². The molecule has 0 radical (unpaired) electrons. The molecule has 1 N–H and O–H groups in total. The lowest BCUT2D eigenvalue weighted by Crippen LogP contribution is -2.36. The van der Waals surface area contributed by atoms with E-state index >= 15 is 0 Å². The molecular weight excluding hydrogens is 310 g/mol. The van der Waals surface area contributed by atoms with E-state index in [4.69, 9.17) is 14.6 Å². The van der Waals surface area contributed by atoms with Crippen molar-refractivity contribution in [3.63, 3.8) is 0 Å². The van der Waals surface area contributed by atoms with Gasteiger partial charge in [-0.1, -0.05) is 18.2 Å². The molecule has 132 valence electrons. The summed E-state index contributed by atoms with van der Waals surface area (Å²) in [5, 5.41) is 9.10. The number of esters is 2. The van der Waals surface area contributed by atoms with Gasteiger partial charge < -0.3 is 14.6 Å². The first kappa shape index (κ1) is 18.4. The Morgan fingerprint density at radius 1 is 1.33 bits per heavy atom. The summed E-state index contributed by atoms with van der Waals surface area (Å²) in [6.07, 6.45) is 5.84. The molecule has 2 heterocycles. The second kappa shape index (κ2) is 8.26. The van der Waals surface area contributed by atoms with E-state index in [1.807, 2.05) is 6.08 Å². The molecule has 1 saturated heterocycles. The molecule has 0 saturated carbocycles. The van der Waals surface area contributed by atoms with Gasteiger partial charge in [0, 0.05) is 18.7 Å². The highest BCUT2D eigenvalue weighted by atomic mass is 16.5. The molecule has 6 nitrogen and oxygen atoms in total. The summed E-state index contributed by atoms with van der Waals surface area (Å²) in [5.41, 5.74) is 1.78. The SMILES string of the molecule is C/C=C(\C)C(=O)O[C@@H]1CCN2CC=C(COC(=O)/C(=C/C)CO)[C@H]12. The molecule has 1 fully saturated rings. The van der Waals surface area contributed by atoms with Crippen molar-refractivity contribution in [1.82, 2.24) is 4.90 Å². The number of carbonyl (C=O) groups excluding carboxylic acids is 2. The second-order valence-corrected chi connectivity index (χ2v) is 5.97. The molecule has 0 spiro atoms. The van der Waals surface area contributed by atoms with E-state index in [0.717, 1.165) is 25.1 Å². The van der Waals surface area contributed by atoms with Gasteiger partial charge in [-0.25, -0.2) is 9.59 Å². The zero-order valence-electron chi connectivity index (χ0n) is 14.4. The van der Waals surface area contributed by atoms with Crippen LogP contribution < -0.4 is 0 Å². The number of ether oxygens (including phenoxy) is 2. The Balaban J connectivity index is 1.97. The predicted octanol–water partition coefficient (Wildman–Crippen LogP) is 1.36. The highest BCUT2D eigenvalue weighted by Gasteiger charge is 2.42. The number of fused-ring (bicyclic) bond motifs is 1. The fraction of sp³-hybridized carbons (Fsp3) is 0.556. The van der Waals surface area contributed by atoms with Crippen LogP contribution in [0.1, 0.15) is 27.2 Å². The summed E-state index contributed by atoms with van der Waals surface area (Å²) in [7, 11) is 0. The molecule has 0 aromatic carbocycles. The van der Waals surface area contributed by atoms with Crippen molar-refractivity contribution in [2.75, 3.05) is 26.3 Å². The third kappa shape index (κ3) is 3.94. The fourth-order valence-electron chi connectivity index (χ4n) is 2.99. The average molecular weight is 335 g/mol. The van der Waals surface area contributed by atoms with Gasteiger partial charge in [0.25, 0.3) is 0 Å². The Hall–Kier alpha value is -1.92. The number of aliphatic hydroxyl groups is 1. The van der Waals surface area contributed by atoms with Crippen molar-refractivity contribution in [2.24, 2.45) is 0 Å². The van der Waals surface area contributed by atoms with Crippen molar-refractivity contribution in [3.05, 3.63) is 34.9 Å². The summed E-state index contributed by atoms with van der Waals surface area (Å²) in [5.74, 6) is -0.820. The van der Waals surface area contributed by atoms with Crippen molar-refractivity contribution in [3.8, 4) is 0 Å². The molecule has 0 aromatic heterocycles. The van der Waals surface area contributed by atoms with Gasteiger partial charge in [0.1, 0.15) is 12.7 Å². The van der Waals surface area contributed by atoms with E-state index in [0.29, 0.717) is 5.57 Å². The molecule has 2 atom stereocenters. The van der Waals surface area contributed by atoms with Gasteiger partial charge in [-0.3, -0.25) is 4.90 Å². The van der Waals surface area contributed by atoms with Crippen LogP contribution in [0.5, 0.6) is 0 Å². The zero-order chi connectivity index (χ0) is 17.7. The van der Waals surface area contributed by atoms with E-state index in [2.05, 4.69) is 4.90 Å². The van der Waals surface area contributed by atoms with Crippen LogP contribution in [0.2, 0.25) is 0 Å². The van der Waals surface area contributed by atoms with Crippen molar-refractivity contribution < 1.29 is 24.2 Å². The Labute approximate surface area is 142 Å². The van der Waals surface area contributed by atoms with Crippen molar-refractivity contribution >= 4 is 11.9 Å². The first-order valence-electron chi connectivity index (χ1n) is 8.21. The van der Waals surface area contributed by atoms with Crippen LogP contribution in [0, 0.1) is 0 Å². The monoisotopic (exact) mass is 335 g/mol. The number of rotatable bonds is 6. The Morgan fingerprint density at radius 2 is 2.08 bits per heavy atom. The molecule has 24 heavy (non-hydrogen) atoms. The third-order valence-corrected chi connectivity index (χ3v) is 4.58. The molecule has 0 aromatic rings. The van der Waals surface area contributed by atoms with Gasteiger partial charge >= 0.3 is 11.9 Å². The van der Waals surface area contributed by atoms with E-state index in [9.17, 15) is 9.59 Å². The zero-order valence-corrected chi connectivity index (χ0v) is 14.4. The molecule has 0 aliphatic carbocycles. The topological polar surface area (TPSA) is 76.1 Å². The molecule has 0 unspecified atom stereocenters. The number of aliphatic hydroxyl groups excluding tert-OH is 1. The molecule has 2 rings (SSSR count). The Kier molecular flexibility index (Phi) is 6.34. The number of nitrogens with zero attached hydrogens (tertiary/aromatic N) is 1. The lowest BCUT2D eigenvalue weighted by atomic mass is 10.0. The number of hydrogen-bond acceptors (Lipinski definition) is 6. The van der Waals surface area contributed by atoms with Gasteiger partial charge in [0.2, 0.25) is 0 Å². The molecular formula is C18H25NO5. The Morgan fingerprint density at radius 3 is 2.71 bits per heavy atom. The minimum Gasteiger partial charge on any atom is -0.458 e. The maximum atomic E-state index is 12.0. The average Bonchev–Trinajstić information content (AvgIpc) is 3.16. The summed E-state index contributed by atoms with van der Waals surface area (Å²) >= 11 is 0. The summed E-state index contributed by atoms with van der Waals surface area (Å²) in [4.78, 5) is 26.1. The summed E-state index contributed by atoms with van der Waals surface area (Å²) in [6, 6.07) is -0.0328. The van der Waals surface area contributed by atoms with Crippen LogP contribution in [0.3, 0.4) is 0 Å². The predicted molar refractivity (Wildman–Crippen MR) is 89.2 cm³/mol. The van der Waals surface area contributed by atoms with Crippen LogP contribution in [-0.4, -0.2) is 60.4 Å². The lowest BCUT2D eigenvalue weighted by Gasteiger charge is -2.24. The smallest absolute Gasteiger partial charge is 0.336 e. The minimum absolute atomic E-state index is 0.0328. The van der Waals surface area contributed by atoms with E-state index in [-0.39, 0.29) is 36.9 Å². The van der Waals surface area contributed by atoms with Gasteiger partial charge in [0.15, 0.2) is 0 Å².